The van der Waals surface area contributed by atoms with Gasteiger partial charge in [-0.25, -0.2) is 0 Å². The average Bonchev–Trinajstić information content (AvgIpc) is 2.78. The number of rotatable bonds is 2. The van der Waals surface area contributed by atoms with Crippen LogP contribution >= 0.6 is 0 Å². The number of nitrogens with zero attached hydrogens (tertiary/aromatic N) is 1. The molecule has 0 unspecified atom stereocenters. The molecule has 0 saturated heterocycles. The van der Waals surface area contributed by atoms with E-state index in [1.54, 1.807) is 0 Å². The Kier molecular flexibility index (Phi) is 2.64. The lowest BCUT2D eigenvalue weighted by atomic mass is 9.80. The Morgan fingerprint density at radius 3 is 2.00 bits per heavy atom. The van der Waals surface area contributed by atoms with E-state index in [0.717, 1.165) is 19.3 Å². The van der Waals surface area contributed by atoms with Gasteiger partial charge in [-0.15, -0.1) is 0 Å². The molecule has 0 aromatic heterocycles. The summed E-state index contributed by atoms with van der Waals surface area (Å²) in [5.74, 6) is 0. The summed E-state index contributed by atoms with van der Waals surface area (Å²) < 4.78 is 0. The summed E-state index contributed by atoms with van der Waals surface area (Å²) in [5, 5.41) is 9.60. The fourth-order valence-corrected chi connectivity index (χ4v) is 2.92. The minimum atomic E-state index is -0.245. The third-order valence-corrected chi connectivity index (χ3v) is 3.80. The molecule has 18 heavy (non-hydrogen) atoms. The van der Waals surface area contributed by atoms with Gasteiger partial charge in [0, 0.05) is 0 Å². The van der Waals surface area contributed by atoms with Crippen molar-refractivity contribution >= 4 is 0 Å². The fourth-order valence-electron chi connectivity index (χ4n) is 2.92. The van der Waals surface area contributed by atoms with Crippen molar-refractivity contribution in [1.29, 1.82) is 5.26 Å². The summed E-state index contributed by atoms with van der Waals surface area (Å²) in [6.07, 6.45) is 2.61. The number of nitriles is 1. The van der Waals surface area contributed by atoms with E-state index in [1.165, 1.54) is 16.7 Å². The number of fused-ring (bicyclic) bond motifs is 1. The van der Waals surface area contributed by atoms with Gasteiger partial charge in [-0.1, -0.05) is 54.6 Å². The second-order valence-corrected chi connectivity index (χ2v) is 5.18. The van der Waals surface area contributed by atoms with E-state index in [9.17, 15) is 5.26 Å². The minimum absolute atomic E-state index is 0.245. The lowest BCUT2D eigenvalue weighted by Crippen LogP contribution is -2.22. The maximum Gasteiger partial charge on any atom is 0.0700 e. The first-order valence-corrected chi connectivity index (χ1v) is 6.33. The molecule has 0 fully saturated rings. The molecule has 1 aliphatic rings. The molecule has 0 spiro atoms. The molecule has 0 bridgehead atoms. The predicted octanol–water partition coefficient (Wildman–Crippen LogP) is 3.54. The van der Waals surface area contributed by atoms with Crippen LogP contribution in [0, 0.1) is 16.7 Å². The van der Waals surface area contributed by atoms with Crippen LogP contribution in [0.1, 0.15) is 16.7 Å². The minimum Gasteiger partial charge on any atom is -0.198 e. The summed E-state index contributed by atoms with van der Waals surface area (Å²) in [4.78, 5) is 0. The molecule has 0 amide bonds. The van der Waals surface area contributed by atoms with Gasteiger partial charge in [-0.2, -0.15) is 5.26 Å². The van der Waals surface area contributed by atoms with Crippen LogP contribution in [0.15, 0.2) is 54.6 Å². The molecule has 2 aromatic carbocycles. The molecule has 2 aromatic rings. The number of hydrogen-bond acceptors (Lipinski definition) is 1. The first-order chi connectivity index (χ1) is 8.81. The van der Waals surface area contributed by atoms with Gasteiger partial charge in [0.25, 0.3) is 0 Å². The van der Waals surface area contributed by atoms with Gasteiger partial charge in [-0.3, -0.25) is 0 Å². The van der Waals surface area contributed by atoms with Crippen LogP contribution in [0.2, 0.25) is 0 Å². The van der Waals surface area contributed by atoms with Crippen molar-refractivity contribution in [3.05, 3.63) is 71.3 Å². The molecule has 1 nitrogen and oxygen atoms in total. The fraction of sp³-hybridized carbons (Fsp3) is 0.235. The van der Waals surface area contributed by atoms with Gasteiger partial charge in [0.2, 0.25) is 0 Å². The van der Waals surface area contributed by atoms with Crippen molar-refractivity contribution in [2.45, 2.75) is 19.3 Å². The van der Waals surface area contributed by atoms with Crippen LogP contribution in [-0.2, 0) is 19.3 Å². The maximum absolute atomic E-state index is 9.60. The lowest BCUT2D eigenvalue weighted by molar-refractivity contribution is 0.418. The van der Waals surface area contributed by atoms with Crippen LogP contribution < -0.4 is 0 Å². The smallest absolute Gasteiger partial charge is 0.0700 e. The van der Waals surface area contributed by atoms with E-state index in [2.05, 4.69) is 42.5 Å². The number of benzene rings is 2. The zero-order valence-electron chi connectivity index (χ0n) is 10.3. The van der Waals surface area contributed by atoms with Gasteiger partial charge in [-0.05, 0) is 36.0 Å². The van der Waals surface area contributed by atoms with Crippen molar-refractivity contribution in [2.24, 2.45) is 5.41 Å². The quantitative estimate of drug-likeness (QED) is 0.778. The van der Waals surface area contributed by atoms with E-state index >= 15 is 0 Å². The average molecular weight is 233 g/mol. The molecular weight excluding hydrogens is 218 g/mol. The molecule has 0 radical (unpaired) electrons. The largest absolute Gasteiger partial charge is 0.198 e. The normalized spacial score (nSPS) is 15.9. The first kappa shape index (κ1) is 11.0. The van der Waals surface area contributed by atoms with Crippen LogP contribution in [0.5, 0.6) is 0 Å². The molecular formula is C17H15N. The molecule has 0 atom stereocenters. The Labute approximate surface area is 108 Å². The highest BCUT2D eigenvalue weighted by molar-refractivity contribution is 5.38. The summed E-state index contributed by atoms with van der Waals surface area (Å²) in [6, 6.07) is 21.3. The van der Waals surface area contributed by atoms with Crippen LogP contribution in [0.3, 0.4) is 0 Å². The standard InChI is InChI=1S/C17H15N/c18-13-17(10-14-6-2-1-3-7-14)11-15-8-4-5-9-16(15)12-17/h1-9H,10-12H2. The highest BCUT2D eigenvalue weighted by atomic mass is 14.4. The van der Waals surface area contributed by atoms with Crippen molar-refractivity contribution in [2.75, 3.05) is 0 Å². The van der Waals surface area contributed by atoms with E-state index in [0.29, 0.717) is 0 Å². The van der Waals surface area contributed by atoms with E-state index in [-0.39, 0.29) is 5.41 Å². The van der Waals surface area contributed by atoms with Crippen LogP contribution in [0.25, 0.3) is 0 Å². The van der Waals surface area contributed by atoms with Crippen molar-refractivity contribution in [1.82, 2.24) is 0 Å². The summed E-state index contributed by atoms with van der Waals surface area (Å²) in [6.45, 7) is 0. The first-order valence-electron chi connectivity index (χ1n) is 6.33. The zero-order valence-corrected chi connectivity index (χ0v) is 10.3. The molecule has 1 heteroatoms. The Morgan fingerprint density at radius 2 is 1.44 bits per heavy atom. The lowest BCUT2D eigenvalue weighted by Gasteiger charge is -2.20. The highest BCUT2D eigenvalue weighted by Gasteiger charge is 2.37. The molecule has 1 aliphatic carbocycles. The SMILES string of the molecule is N#CC1(Cc2ccccc2)Cc2ccccc2C1. The molecule has 88 valence electrons. The van der Waals surface area contributed by atoms with E-state index in [4.69, 9.17) is 0 Å². The van der Waals surface area contributed by atoms with Gasteiger partial charge in [0.1, 0.15) is 0 Å². The van der Waals surface area contributed by atoms with Crippen molar-refractivity contribution < 1.29 is 0 Å². The zero-order chi connectivity index (χ0) is 12.4. The molecule has 0 saturated carbocycles. The van der Waals surface area contributed by atoms with Gasteiger partial charge < -0.3 is 0 Å². The van der Waals surface area contributed by atoms with Gasteiger partial charge in [0.15, 0.2) is 0 Å². The number of hydrogen-bond donors (Lipinski definition) is 0. The molecule has 0 N–H and O–H groups in total. The van der Waals surface area contributed by atoms with Crippen LogP contribution in [-0.4, -0.2) is 0 Å². The van der Waals surface area contributed by atoms with Gasteiger partial charge in [0.05, 0.1) is 11.5 Å². The Bertz CT molecular complexity index is 568. The van der Waals surface area contributed by atoms with E-state index < -0.39 is 0 Å². The third kappa shape index (κ3) is 1.91. The topological polar surface area (TPSA) is 23.8 Å². The predicted molar refractivity (Wildman–Crippen MR) is 72.0 cm³/mol. The van der Waals surface area contributed by atoms with Gasteiger partial charge >= 0.3 is 0 Å². The molecule has 0 heterocycles. The summed E-state index contributed by atoms with van der Waals surface area (Å²) in [7, 11) is 0. The Morgan fingerprint density at radius 1 is 0.889 bits per heavy atom. The Balaban J connectivity index is 1.89. The van der Waals surface area contributed by atoms with Crippen LogP contribution in [0.4, 0.5) is 0 Å². The van der Waals surface area contributed by atoms with Crippen molar-refractivity contribution in [3.8, 4) is 6.07 Å². The van der Waals surface area contributed by atoms with Crippen molar-refractivity contribution in [3.63, 3.8) is 0 Å². The summed E-state index contributed by atoms with van der Waals surface area (Å²) in [5.41, 5.74) is 3.70. The second kappa shape index (κ2) is 4.31. The molecule has 0 aliphatic heterocycles. The monoisotopic (exact) mass is 233 g/mol. The molecule has 3 rings (SSSR count). The maximum atomic E-state index is 9.60. The van der Waals surface area contributed by atoms with E-state index in [1.807, 2.05) is 18.2 Å². The third-order valence-electron chi connectivity index (χ3n) is 3.80. The highest BCUT2D eigenvalue weighted by Crippen LogP contribution is 2.39. The summed E-state index contributed by atoms with van der Waals surface area (Å²) >= 11 is 0. The second-order valence-electron chi connectivity index (χ2n) is 5.18. The Hall–Kier alpha value is -2.07.